The summed E-state index contributed by atoms with van der Waals surface area (Å²) in [6.45, 7) is 3.14. The molecule has 0 aliphatic carbocycles. The Morgan fingerprint density at radius 3 is 2.73 bits per heavy atom. The first-order valence-corrected chi connectivity index (χ1v) is 5.28. The Kier molecular flexibility index (Phi) is 2.74. The maximum Gasteiger partial charge on any atom is 0.159 e. The van der Waals surface area contributed by atoms with E-state index in [0.717, 1.165) is 31.4 Å². The standard InChI is InChI=1S/C12H15F2N/c1-12(5-2-6-15-12)8-9-3-4-10(13)11(14)7-9/h3-4,7,15H,2,5-6,8H2,1H3/t12-/m1/s1. The summed E-state index contributed by atoms with van der Waals surface area (Å²) in [6, 6.07) is 4.15. The zero-order valence-electron chi connectivity index (χ0n) is 8.82. The molecule has 1 atom stereocenters. The van der Waals surface area contributed by atoms with Gasteiger partial charge in [0, 0.05) is 5.54 Å². The third kappa shape index (κ3) is 2.34. The highest BCUT2D eigenvalue weighted by Gasteiger charge is 2.28. The van der Waals surface area contributed by atoms with Gasteiger partial charge in [-0.15, -0.1) is 0 Å². The minimum absolute atomic E-state index is 0.0459. The van der Waals surface area contributed by atoms with Crippen molar-refractivity contribution in [2.45, 2.75) is 31.7 Å². The molecule has 0 amide bonds. The number of hydrogen-bond donors (Lipinski definition) is 1. The van der Waals surface area contributed by atoms with Crippen LogP contribution in [0.25, 0.3) is 0 Å². The van der Waals surface area contributed by atoms with Gasteiger partial charge in [-0.25, -0.2) is 8.78 Å². The molecule has 1 aliphatic heterocycles. The first kappa shape index (κ1) is 10.6. The highest BCUT2D eigenvalue weighted by molar-refractivity contribution is 5.20. The van der Waals surface area contributed by atoms with Gasteiger partial charge in [-0.2, -0.15) is 0 Å². The van der Waals surface area contributed by atoms with E-state index >= 15 is 0 Å². The molecule has 0 saturated carbocycles. The normalized spacial score (nSPS) is 25.8. The van der Waals surface area contributed by atoms with E-state index in [9.17, 15) is 8.78 Å². The lowest BCUT2D eigenvalue weighted by Gasteiger charge is -2.24. The number of nitrogens with one attached hydrogen (secondary N) is 1. The molecule has 1 heterocycles. The Hall–Kier alpha value is -0.960. The minimum Gasteiger partial charge on any atom is -0.311 e. The number of benzene rings is 1. The quantitative estimate of drug-likeness (QED) is 0.793. The van der Waals surface area contributed by atoms with E-state index in [-0.39, 0.29) is 5.54 Å². The molecule has 1 aromatic carbocycles. The van der Waals surface area contributed by atoms with Crippen molar-refractivity contribution >= 4 is 0 Å². The minimum atomic E-state index is -0.775. The predicted octanol–water partition coefficient (Wildman–Crippen LogP) is 2.65. The van der Waals surface area contributed by atoms with Crippen LogP contribution in [-0.2, 0) is 6.42 Å². The summed E-state index contributed by atoms with van der Waals surface area (Å²) < 4.78 is 25.7. The van der Waals surface area contributed by atoms with Crippen molar-refractivity contribution in [2.75, 3.05) is 6.54 Å². The fourth-order valence-corrected chi connectivity index (χ4v) is 2.21. The van der Waals surface area contributed by atoms with Gasteiger partial charge >= 0.3 is 0 Å². The third-order valence-electron chi connectivity index (χ3n) is 3.04. The van der Waals surface area contributed by atoms with Gasteiger partial charge in [0.1, 0.15) is 0 Å². The van der Waals surface area contributed by atoms with E-state index in [1.807, 2.05) is 0 Å². The summed E-state index contributed by atoms with van der Waals surface area (Å²) in [7, 11) is 0. The molecule has 82 valence electrons. The van der Waals surface area contributed by atoms with Crippen LogP contribution >= 0.6 is 0 Å². The average Bonchev–Trinajstić information content (AvgIpc) is 2.59. The maximum absolute atomic E-state index is 13.0. The molecule has 15 heavy (non-hydrogen) atoms. The van der Waals surface area contributed by atoms with Gasteiger partial charge in [0.15, 0.2) is 11.6 Å². The summed E-state index contributed by atoms with van der Waals surface area (Å²) in [5.41, 5.74) is 0.898. The Morgan fingerprint density at radius 1 is 1.33 bits per heavy atom. The highest BCUT2D eigenvalue weighted by Crippen LogP contribution is 2.24. The van der Waals surface area contributed by atoms with Crippen molar-refractivity contribution in [1.82, 2.24) is 5.32 Å². The summed E-state index contributed by atoms with van der Waals surface area (Å²) in [5, 5.41) is 3.40. The monoisotopic (exact) mass is 211 g/mol. The van der Waals surface area contributed by atoms with Crippen LogP contribution in [-0.4, -0.2) is 12.1 Å². The largest absolute Gasteiger partial charge is 0.311 e. The van der Waals surface area contributed by atoms with E-state index in [4.69, 9.17) is 0 Å². The van der Waals surface area contributed by atoms with Crippen LogP contribution in [0.1, 0.15) is 25.3 Å². The van der Waals surface area contributed by atoms with Gasteiger partial charge < -0.3 is 5.32 Å². The molecule has 1 fully saturated rings. The smallest absolute Gasteiger partial charge is 0.159 e. The second kappa shape index (κ2) is 3.89. The van der Waals surface area contributed by atoms with Gasteiger partial charge in [-0.3, -0.25) is 0 Å². The van der Waals surface area contributed by atoms with Crippen molar-refractivity contribution in [3.8, 4) is 0 Å². The molecular formula is C12H15F2N. The van der Waals surface area contributed by atoms with Gasteiger partial charge in [0.05, 0.1) is 0 Å². The zero-order chi connectivity index (χ0) is 10.9. The van der Waals surface area contributed by atoms with Gasteiger partial charge in [-0.05, 0) is 50.4 Å². The summed E-state index contributed by atoms with van der Waals surface area (Å²) in [6.07, 6.45) is 3.00. The molecule has 1 saturated heterocycles. The SMILES string of the molecule is C[C@]1(Cc2ccc(F)c(F)c2)CCCN1. The molecule has 1 aromatic rings. The second-order valence-corrected chi connectivity index (χ2v) is 4.52. The molecule has 0 aromatic heterocycles. The fraction of sp³-hybridized carbons (Fsp3) is 0.500. The molecule has 2 rings (SSSR count). The van der Waals surface area contributed by atoms with Crippen LogP contribution < -0.4 is 5.32 Å². The van der Waals surface area contributed by atoms with Gasteiger partial charge in [-0.1, -0.05) is 6.07 Å². The van der Waals surface area contributed by atoms with Gasteiger partial charge in [0.25, 0.3) is 0 Å². The molecule has 1 nitrogen and oxygen atoms in total. The van der Waals surface area contributed by atoms with Crippen LogP contribution in [0.4, 0.5) is 8.78 Å². The molecule has 0 unspecified atom stereocenters. The Bertz CT molecular complexity index is 357. The molecule has 3 heteroatoms. The number of halogens is 2. The van der Waals surface area contributed by atoms with Crippen molar-refractivity contribution in [1.29, 1.82) is 0 Å². The summed E-state index contributed by atoms with van der Waals surface area (Å²) in [4.78, 5) is 0. The fourth-order valence-electron chi connectivity index (χ4n) is 2.21. The number of rotatable bonds is 2. The summed E-state index contributed by atoms with van der Waals surface area (Å²) in [5.74, 6) is -1.53. The van der Waals surface area contributed by atoms with Crippen molar-refractivity contribution < 1.29 is 8.78 Å². The number of hydrogen-bond acceptors (Lipinski definition) is 1. The highest BCUT2D eigenvalue weighted by atomic mass is 19.2. The molecule has 1 N–H and O–H groups in total. The Labute approximate surface area is 88.5 Å². The van der Waals surface area contributed by atoms with Crippen molar-refractivity contribution in [2.24, 2.45) is 0 Å². The van der Waals surface area contributed by atoms with E-state index in [1.165, 1.54) is 12.1 Å². The lowest BCUT2D eigenvalue weighted by Crippen LogP contribution is -2.38. The van der Waals surface area contributed by atoms with Gasteiger partial charge in [0.2, 0.25) is 0 Å². The lowest BCUT2D eigenvalue weighted by atomic mass is 9.91. The molecule has 1 aliphatic rings. The lowest BCUT2D eigenvalue weighted by molar-refractivity contribution is 0.410. The molecule has 0 bridgehead atoms. The van der Waals surface area contributed by atoms with Crippen LogP contribution in [0.3, 0.4) is 0 Å². The van der Waals surface area contributed by atoms with Crippen LogP contribution in [0, 0.1) is 11.6 Å². The Balaban J connectivity index is 2.13. The van der Waals surface area contributed by atoms with E-state index in [2.05, 4.69) is 12.2 Å². The van der Waals surface area contributed by atoms with E-state index in [0.29, 0.717) is 0 Å². The van der Waals surface area contributed by atoms with E-state index in [1.54, 1.807) is 6.07 Å². The summed E-state index contributed by atoms with van der Waals surface area (Å²) >= 11 is 0. The first-order chi connectivity index (χ1) is 7.09. The first-order valence-electron chi connectivity index (χ1n) is 5.28. The van der Waals surface area contributed by atoms with Crippen LogP contribution in [0.2, 0.25) is 0 Å². The maximum atomic E-state index is 13.0. The molecule has 0 radical (unpaired) electrons. The second-order valence-electron chi connectivity index (χ2n) is 4.52. The third-order valence-corrected chi connectivity index (χ3v) is 3.04. The topological polar surface area (TPSA) is 12.0 Å². The predicted molar refractivity (Wildman–Crippen MR) is 55.7 cm³/mol. The molecule has 0 spiro atoms. The molecular weight excluding hydrogens is 196 g/mol. The van der Waals surface area contributed by atoms with Crippen molar-refractivity contribution in [3.63, 3.8) is 0 Å². The Morgan fingerprint density at radius 2 is 2.13 bits per heavy atom. The van der Waals surface area contributed by atoms with Crippen LogP contribution in [0.5, 0.6) is 0 Å². The van der Waals surface area contributed by atoms with E-state index < -0.39 is 11.6 Å². The van der Waals surface area contributed by atoms with Crippen LogP contribution in [0.15, 0.2) is 18.2 Å². The van der Waals surface area contributed by atoms with Crippen molar-refractivity contribution in [3.05, 3.63) is 35.4 Å². The average molecular weight is 211 g/mol. The zero-order valence-corrected chi connectivity index (χ0v) is 8.82.